The molecule has 10 atom stereocenters. The minimum atomic E-state index is -5.17. The van der Waals surface area contributed by atoms with Gasteiger partial charge in [0.2, 0.25) is 0 Å². The summed E-state index contributed by atoms with van der Waals surface area (Å²) >= 11 is 0. The lowest BCUT2D eigenvalue weighted by Gasteiger charge is -2.43. The van der Waals surface area contributed by atoms with E-state index in [4.69, 9.17) is 37.9 Å². The second-order valence-corrected chi connectivity index (χ2v) is 13.4. The van der Waals surface area contributed by atoms with Crippen LogP contribution in [0.3, 0.4) is 0 Å². The zero-order valence-corrected chi connectivity index (χ0v) is 26.5. The van der Waals surface area contributed by atoms with Crippen molar-refractivity contribution in [1.82, 2.24) is 0 Å². The largest absolute Gasteiger partial charge is 0.413 e. The Labute approximate surface area is 268 Å². The van der Waals surface area contributed by atoms with Crippen LogP contribution in [-0.2, 0) is 63.3 Å². The first kappa shape index (κ1) is 36.1. The van der Waals surface area contributed by atoms with E-state index in [1.54, 1.807) is 58.0 Å². The fraction of sp³-hybridized carbons (Fsp3) is 0.778. The number of aliphatic hydroxyl groups excluding tert-OH is 1. The van der Waals surface area contributed by atoms with Crippen molar-refractivity contribution < 1.29 is 73.0 Å². The highest BCUT2D eigenvalue weighted by Crippen LogP contribution is 2.44. The van der Waals surface area contributed by atoms with Crippen molar-refractivity contribution in [3.8, 4) is 0 Å². The van der Waals surface area contributed by atoms with E-state index < -0.39 is 103 Å². The Morgan fingerprint density at radius 1 is 0.915 bits per heavy atom. The number of hydrogen-bond donors (Lipinski definition) is 1. The van der Waals surface area contributed by atoms with Gasteiger partial charge in [0.15, 0.2) is 30.8 Å². The molecule has 0 amide bonds. The first-order valence-corrected chi connectivity index (χ1v) is 15.9. The predicted molar refractivity (Wildman–Crippen MR) is 148 cm³/mol. The topological polar surface area (TPSA) is 195 Å². The van der Waals surface area contributed by atoms with Gasteiger partial charge in [0, 0.05) is 4.91 Å². The van der Waals surface area contributed by atoms with Gasteiger partial charge in [0.25, 0.3) is 0 Å². The standard InChI is InChI=1S/C27H36F3N3O13S/c1-25(2)43-19-16(42-24-22(21(19)44-25)45-26(3,4)46-24)11-38-23-17(32-33-31)20(37-10-14-8-6-5-7-9-14)18(34)15(41-23)12-39-47(35,36)40-13-27(28,29)30/h5-9,15-24,34H,10-13H2,1-4H3/t15-,16-,17-,18-,19+,20-,21+,22-,23+,24-/m1/s1. The van der Waals surface area contributed by atoms with Gasteiger partial charge in [-0.1, -0.05) is 35.4 Å². The number of fused-ring (bicyclic) bond motifs is 3. The van der Waals surface area contributed by atoms with Crippen LogP contribution in [0.15, 0.2) is 35.4 Å². The van der Waals surface area contributed by atoms with E-state index in [-0.39, 0.29) is 13.2 Å². The molecule has 1 N–H and O–H groups in total. The monoisotopic (exact) mass is 699 g/mol. The molecule has 4 fully saturated rings. The second-order valence-electron chi connectivity index (χ2n) is 12.1. The molecule has 5 rings (SSSR count). The number of hydrogen-bond acceptors (Lipinski definition) is 14. The van der Waals surface area contributed by atoms with Crippen molar-refractivity contribution in [2.45, 2.75) is 113 Å². The molecule has 20 heteroatoms. The van der Waals surface area contributed by atoms with E-state index in [0.717, 1.165) is 0 Å². The minimum Gasteiger partial charge on any atom is -0.388 e. The summed E-state index contributed by atoms with van der Waals surface area (Å²) in [4.78, 5) is 2.84. The maximum absolute atomic E-state index is 12.5. The van der Waals surface area contributed by atoms with Crippen LogP contribution in [0.5, 0.6) is 0 Å². The van der Waals surface area contributed by atoms with Crippen molar-refractivity contribution in [3.63, 3.8) is 0 Å². The van der Waals surface area contributed by atoms with E-state index in [9.17, 15) is 32.2 Å². The third kappa shape index (κ3) is 9.09. The Kier molecular flexibility index (Phi) is 10.7. The molecule has 0 unspecified atom stereocenters. The second kappa shape index (κ2) is 14.0. The molecule has 0 radical (unpaired) electrons. The molecule has 0 aliphatic carbocycles. The summed E-state index contributed by atoms with van der Waals surface area (Å²) in [6.07, 6.45) is -14.8. The highest BCUT2D eigenvalue weighted by atomic mass is 32.3. The molecule has 0 spiro atoms. The van der Waals surface area contributed by atoms with Gasteiger partial charge in [-0.05, 0) is 38.8 Å². The van der Waals surface area contributed by atoms with Gasteiger partial charge >= 0.3 is 16.6 Å². The quantitative estimate of drug-likeness (QED) is 0.190. The minimum absolute atomic E-state index is 0.0841. The van der Waals surface area contributed by atoms with E-state index in [0.29, 0.717) is 5.56 Å². The van der Waals surface area contributed by atoms with Crippen LogP contribution < -0.4 is 0 Å². The summed E-state index contributed by atoms with van der Waals surface area (Å²) in [5, 5.41) is 14.9. The van der Waals surface area contributed by atoms with Crippen LogP contribution >= 0.6 is 0 Å². The number of alkyl halides is 3. The van der Waals surface area contributed by atoms with Gasteiger partial charge in [0.1, 0.15) is 42.7 Å². The van der Waals surface area contributed by atoms with E-state index in [1.807, 2.05) is 0 Å². The third-order valence-electron chi connectivity index (χ3n) is 7.53. The van der Waals surface area contributed by atoms with Crippen LogP contribution in [-0.4, -0.2) is 112 Å². The van der Waals surface area contributed by atoms with Crippen molar-refractivity contribution in [3.05, 3.63) is 46.3 Å². The zero-order valence-electron chi connectivity index (χ0n) is 25.7. The summed E-state index contributed by atoms with van der Waals surface area (Å²) in [5.41, 5.74) is 10.1. The average Bonchev–Trinajstić information content (AvgIpc) is 3.48. The number of nitrogens with zero attached hydrogens (tertiary/aromatic N) is 3. The lowest BCUT2D eigenvalue weighted by atomic mass is 9.97. The Morgan fingerprint density at radius 2 is 1.57 bits per heavy atom. The zero-order chi connectivity index (χ0) is 34.2. The van der Waals surface area contributed by atoms with Gasteiger partial charge in [-0.25, -0.2) is 8.37 Å². The molecule has 47 heavy (non-hydrogen) atoms. The van der Waals surface area contributed by atoms with Crippen LogP contribution in [0, 0.1) is 0 Å². The van der Waals surface area contributed by atoms with Crippen LogP contribution in [0.1, 0.15) is 33.3 Å². The molecular formula is C27H36F3N3O13S. The Morgan fingerprint density at radius 3 is 2.26 bits per heavy atom. The molecule has 0 saturated carbocycles. The van der Waals surface area contributed by atoms with E-state index in [2.05, 4.69) is 18.4 Å². The van der Waals surface area contributed by atoms with Crippen LogP contribution in [0.25, 0.3) is 10.4 Å². The van der Waals surface area contributed by atoms with Gasteiger partial charge in [-0.15, -0.1) is 0 Å². The summed E-state index contributed by atoms with van der Waals surface area (Å²) in [5.74, 6) is -2.00. The number of ether oxygens (including phenoxy) is 8. The number of azide groups is 1. The van der Waals surface area contributed by atoms with E-state index in [1.165, 1.54) is 0 Å². The summed E-state index contributed by atoms with van der Waals surface area (Å²) in [6.45, 7) is 3.37. The third-order valence-corrected chi connectivity index (χ3v) is 8.36. The number of halogens is 3. The van der Waals surface area contributed by atoms with Crippen LogP contribution in [0.4, 0.5) is 13.2 Å². The molecule has 4 saturated heterocycles. The summed E-state index contributed by atoms with van der Waals surface area (Å²) < 4.78 is 118. The molecule has 4 aliphatic heterocycles. The average molecular weight is 700 g/mol. The predicted octanol–water partition coefficient (Wildman–Crippen LogP) is 2.59. The molecule has 0 bridgehead atoms. The SMILES string of the molecule is CC1(C)O[C@H]2[C@@H](O1)[C@@H](CO[C@H]1O[C@H](COS(=O)(=O)OCC(F)(F)F)[C@@H](O)[C@H](OCc3ccccc3)[C@H]1N=[N+]=[N-])O[C@@H]1OC(C)(C)O[C@@H]12. The molecule has 1 aromatic carbocycles. The highest BCUT2D eigenvalue weighted by molar-refractivity contribution is 7.81. The highest BCUT2D eigenvalue weighted by Gasteiger charge is 2.61. The van der Waals surface area contributed by atoms with E-state index >= 15 is 0 Å². The fourth-order valence-electron chi connectivity index (χ4n) is 5.66. The molecule has 4 aliphatic rings. The fourth-order valence-corrected chi connectivity index (χ4v) is 6.31. The van der Waals surface area contributed by atoms with Gasteiger partial charge in [-0.3, -0.25) is 0 Å². The first-order chi connectivity index (χ1) is 22.0. The summed E-state index contributed by atoms with van der Waals surface area (Å²) in [7, 11) is -5.17. The van der Waals surface area contributed by atoms with Gasteiger partial charge < -0.3 is 43.0 Å². The maximum Gasteiger partial charge on any atom is 0.413 e. The molecule has 0 aromatic heterocycles. The maximum atomic E-state index is 12.5. The van der Waals surface area contributed by atoms with Crippen molar-refractivity contribution in [1.29, 1.82) is 0 Å². The normalized spacial score (nSPS) is 36.3. The molecule has 264 valence electrons. The molecule has 1 aromatic rings. The molecule has 4 heterocycles. The Balaban J connectivity index is 1.34. The Bertz CT molecular complexity index is 1380. The number of benzene rings is 1. The Hall–Kier alpha value is -2.17. The summed E-state index contributed by atoms with van der Waals surface area (Å²) in [6, 6.07) is 7.39. The molecular weight excluding hydrogens is 663 g/mol. The smallest absolute Gasteiger partial charge is 0.388 e. The lowest BCUT2D eigenvalue weighted by Crippen LogP contribution is -2.61. The van der Waals surface area contributed by atoms with Crippen LogP contribution in [0.2, 0.25) is 0 Å². The number of aliphatic hydroxyl groups is 1. The van der Waals surface area contributed by atoms with Crippen molar-refractivity contribution >= 4 is 10.4 Å². The molecule has 16 nitrogen and oxygen atoms in total. The van der Waals surface area contributed by atoms with Crippen molar-refractivity contribution in [2.24, 2.45) is 5.11 Å². The van der Waals surface area contributed by atoms with Gasteiger partial charge in [-0.2, -0.15) is 21.6 Å². The lowest BCUT2D eigenvalue weighted by molar-refractivity contribution is -0.294. The first-order valence-electron chi connectivity index (χ1n) is 14.6. The van der Waals surface area contributed by atoms with Crippen molar-refractivity contribution in [2.75, 3.05) is 19.8 Å². The van der Waals surface area contributed by atoms with Gasteiger partial charge in [0.05, 0.1) is 25.9 Å². The number of rotatable bonds is 12.